The van der Waals surface area contributed by atoms with Gasteiger partial charge in [-0.05, 0) is 6.92 Å². The molecule has 0 aromatic rings. The smallest absolute Gasteiger partial charge is 0.194 e. The fraction of sp³-hybridized carbons (Fsp3) is 0.500. The number of hydrogen-bond acceptors (Lipinski definition) is 0. The molecule has 0 aromatic heterocycles. The van der Waals surface area contributed by atoms with Crippen molar-refractivity contribution in [2.75, 3.05) is 0 Å². The van der Waals surface area contributed by atoms with Gasteiger partial charge in [0.05, 0.1) is 5.38 Å². The van der Waals surface area contributed by atoms with E-state index in [0.717, 1.165) is 6.33 Å². The predicted molar refractivity (Wildman–Crippen MR) is 24.3 cm³/mol. The van der Waals surface area contributed by atoms with Crippen LogP contribution in [0.25, 0.3) is 0 Å². The number of rotatable bonds is 1. The Labute approximate surface area is 45.8 Å². The highest BCUT2D eigenvalue weighted by Crippen LogP contribution is 2.08. The van der Waals surface area contributed by atoms with Crippen molar-refractivity contribution in [1.82, 2.24) is 0 Å². The van der Waals surface area contributed by atoms with Gasteiger partial charge in [0.15, 0.2) is 12.2 Å². The first-order valence-corrected chi connectivity index (χ1v) is 2.15. The van der Waals surface area contributed by atoms with Crippen LogP contribution >= 0.6 is 11.6 Å². The number of halogens is 3. The fourth-order valence-electron chi connectivity index (χ4n) is 0.0752. The Kier molecular flexibility index (Phi) is 2.92. The van der Waals surface area contributed by atoms with Gasteiger partial charge in [0.2, 0.25) is 0 Å². The zero-order valence-corrected chi connectivity index (χ0v) is 4.47. The molecule has 0 bridgehead atoms. The Bertz CT molecular complexity index is 77.8. The van der Waals surface area contributed by atoms with Gasteiger partial charge < -0.3 is 0 Å². The molecule has 0 aliphatic rings. The van der Waals surface area contributed by atoms with Crippen LogP contribution in [0.2, 0.25) is 0 Å². The third-order valence-electron chi connectivity index (χ3n) is 0.440. The molecule has 0 fully saturated rings. The second-order valence-corrected chi connectivity index (χ2v) is 1.71. The van der Waals surface area contributed by atoms with E-state index in [1.54, 1.807) is 0 Å². The molecule has 41 valence electrons. The molecule has 0 amide bonds. The topological polar surface area (TPSA) is 0 Å². The highest BCUT2D eigenvalue weighted by molar-refractivity contribution is 6.21. The second kappa shape index (κ2) is 2.97. The molecule has 0 N–H and O–H groups in total. The van der Waals surface area contributed by atoms with Crippen LogP contribution in [0.5, 0.6) is 0 Å². The van der Waals surface area contributed by atoms with Gasteiger partial charge in [-0.1, -0.05) is 0 Å². The Balaban J connectivity index is 3.56. The average molecular weight is 126 g/mol. The summed E-state index contributed by atoms with van der Waals surface area (Å²) in [7, 11) is 0. The molecule has 1 atom stereocenters. The number of alkyl halides is 1. The van der Waals surface area contributed by atoms with E-state index >= 15 is 0 Å². The molecule has 0 heterocycles. The lowest BCUT2D eigenvalue weighted by atomic mass is 10.4. The van der Waals surface area contributed by atoms with Crippen LogP contribution in [0, 0.1) is 6.33 Å². The molecule has 0 aliphatic heterocycles. The summed E-state index contributed by atoms with van der Waals surface area (Å²) in [6.07, 6.45) is 0.782. The first-order valence-electron chi connectivity index (χ1n) is 1.71. The summed E-state index contributed by atoms with van der Waals surface area (Å²) < 4.78 is 22.4. The van der Waals surface area contributed by atoms with Crippen molar-refractivity contribution < 1.29 is 8.78 Å². The van der Waals surface area contributed by atoms with Crippen molar-refractivity contribution in [3.8, 4) is 0 Å². The van der Waals surface area contributed by atoms with Crippen molar-refractivity contribution in [2.24, 2.45) is 0 Å². The van der Waals surface area contributed by atoms with Crippen molar-refractivity contribution in [2.45, 2.75) is 12.3 Å². The summed E-state index contributed by atoms with van der Waals surface area (Å²) in [5.74, 6) is -1.05. The molecular weight excluding hydrogens is 121 g/mol. The lowest BCUT2D eigenvalue weighted by Gasteiger charge is -1.90. The molecule has 0 rings (SSSR count). The molecule has 0 saturated carbocycles. The average Bonchev–Trinajstić information content (AvgIpc) is 1.65. The fourth-order valence-corrected chi connectivity index (χ4v) is 0.116. The van der Waals surface area contributed by atoms with Crippen molar-refractivity contribution >= 4 is 11.6 Å². The van der Waals surface area contributed by atoms with Crippen LogP contribution < -0.4 is 0 Å². The van der Waals surface area contributed by atoms with Gasteiger partial charge in [-0.2, -0.15) is 0 Å². The van der Waals surface area contributed by atoms with E-state index in [1.807, 2.05) is 0 Å². The van der Waals surface area contributed by atoms with Gasteiger partial charge in [0.25, 0.3) is 0 Å². The zero-order valence-electron chi connectivity index (χ0n) is 3.71. The Hall–Kier alpha value is -0.110. The maximum Gasteiger partial charge on any atom is 0.194 e. The zero-order chi connectivity index (χ0) is 5.86. The summed E-state index contributed by atoms with van der Waals surface area (Å²) in [4.78, 5) is 0. The summed E-state index contributed by atoms with van der Waals surface area (Å²) >= 11 is 5.01. The Morgan fingerprint density at radius 3 is 2.29 bits per heavy atom. The summed E-state index contributed by atoms with van der Waals surface area (Å²) in [6.45, 7) is 1.32. The molecule has 3 heteroatoms. The molecular formula is C4H4ClF2. The Morgan fingerprint density at radius 2 is 2.29 bits per heavy atom. The highest BCUT2D eigenvalue weighted by Gasteiger charge is 2.01. The summed E-state index contributed by atoms with van der Waals surface area (Å²) in [5, 5.41) is -0.898. The van der Waals surface area contributed by atoms with E-state index in [4.69, 9.17) is 11.6 Å². The second-order valence-electron chi connectivity index (χ2n) is 1.06. The van der Waals surface area contributed by atoms with Crippen LogP contribution in [0.3, 0.4) is 0 Å². The van der Waals surface area contributed by atoms with E-state index in [1.165, 1.54) is 6.92 Å². The van der Waals surface area contributed by atoms with Gasteiger partial charge in [0, 0.05) is 0 Å². The van der Waals surface area contributed by atoms with Crippen molar-refractivity contribution in [1.29, 1.82) is 0 Å². The minimum Gasteiger partial charge on any atom is -0.207 e. The lowest BCUT2D eigenvalue weighted by Crippen LogP contribution is -1.88. The first-order chi connectivity index (χ1) is 3.18. The maximum absolute atomic E-state index is 11.6. The highest BCUT2D eigenvalue weighted by atomic mass is 35.5. The van der Waals surface area contributed by atoms with Gasteiger partial charge in [-0.15, -0.1) is 11.6 Å². The standard InChI is InChI=1S/C4H4ClF2/c1-3(5)4(7)2-6/h3H,1H3. The monoisotopic (exact) mass is 125 g/mol. The molecule has 0 spiro atoms. The van der Waals surface area contributed by atoms with Gasteiger partial charge in [-0.3, -0.25) is 0 Å². The predicted octanol–water partition coefficient (Wildman–Crippen LogP) is 2.20. The van der Waals surface area contributed by atoms with Crippen LogP contribution in [0.1, 0.15) is 6.92 Å². The van der Waals surface area contributed by atoms with E-state index in [2.05, 4.69) is 0 Å². The minimum atomic E-state index is -1.05. The van der Waals surface area contributed by atoms with Crippen LogP contribution in [0.4, 0.5) is 8.78 Å². The van der Waals surface area contributed by atoms with Crippen LogP contribution in [-0.4, -0.2) is 5.38 Å². The lowest BCUT2D eigenvalue weighted by molar-refractivity contribution is 0.542. The summed E-state index contributed by atoms with van der Waals surface area (Å²) in [6, 6.07) is 0. The normalized spacial score (nSPS) is 16.9. The molecule has 1 unspecified atom stereocenters. The van der Waals surface area contributed by atoms with Crippen molar-refractivity contribution in [3.05, 3.63) is 12.2 Å². The van der Waals surface area contributed by atoms with Gasteiger partial charge in [0.1, 0.15) is 0 Å². The maximum atomic E-state index is 11.6. The van der Waals surface area contributed by atoms with E-state index in [-0.39, 0.29) is 0 Å². The van der Waals surface area contributed by atoms with Crippen LogP contribution in [0.15, 0.2) is 5.83 Å². The van der Waals surface area contributed by atoms with Crippen LogP contribution in [-0.2, 0) is 0 Å². The van der Waals surface area contributed by atoms with Gasteiger partial charge in [-0.25, -0.2) is 8.78 Å². The Morgan fingerprint density at radius 1 is 1.86 bits per heavy atom. The number of allylic oxidation sites excluding steroid dienone is 1. The SMILES string of the molecule is CC(Cl)/C(F)=[C]/F. The summed E-state index contributed by atoms with van der Waals surface area (Å²) in [5.41, 5.74) is 0. The minimum absolute atomic E-state index is 0.782. The quantitative estimate of drug-likeness (QED) is 0.472. The van der Waals surface area contributed by atoms with Crippen molar-refractivity contribution in [3.63, 3.8) is 0 Å². The molecule has 0 nitrogen and oxygen atoms in total. The van der Waals surface area contributed by atoms with E-state index in [9.17, 15) is 8.78 Å². The molecule has 0 aliphatic carbocycles. The molecule has 0 saturated heterocycles. The third kappa shape index (κ3) is 2.57. The largest absolute Gasteiger partial charge is 0.207 e. The molecule has 1 radical (unpaired) electrons. The van der Waals surface area contributed by atoms with E-state index in [0.29, 0.717) is 0 Å². The molecule has 7 heavy (non-hydrogen) atoms. The first kappa shape index (κ1) is 6.89. The number of hydrogen-bond donors (Lipinski definition) is 0. The van der Waals surface area contributed by atoms with E-state index < -0.39 is 11.2 Å². The van der Waals surface area contributed by atoms with Gasteiger partial charge >= 0.3 is 0 Å². The molecule has 0 aromatic carbocycles. The third-order valence-corrected chi connectivity index (χ3v) is 0.631.